The number of carbonyl (C=O) groups is 1. The first-order valence-electron chi connectivity index (χ1n) is 6.64. The van der Waals surface area contributed by atoms with Crippen molar-refractivity contribution in [1.29, 1.82) is 0 Å². The number of nitrogens with zero attached hydrogens (tertiary/aromatic N) is 2. The zero-order valence-corrected chi connectivity index (χ0v) is 14.4. The van der Waals surface area contributed by atoms with E-state index in [-0.39, 0.29) is 12.4 Å². The Bertz CT molecular complexity index is 615. The van der Waals surface area contributed by atoms with Crippen molar-refractivity contribution in [3.63, 3.8) is 0 Å². The molecule has 1 heterocycles. The summed E-state index contributed by atoms with van der Waals surface area (Å²) in [6.45, 7) is 2.97. The number of rotatable bonds is 6. The topological polar surface area (TPSA) is 42.4 Å². The first-order valence-corrected chi connectivity index (χ1v) is 8.31. The number of hydrogen-bond acceptors (Lipinski definition) is 5. The van der Waals surface area contributed by atoms with Gasteiger partial charge in [0.1, 0.15) is 0 Å². The van der Waals surface area contributed by atoms with E-state index >= 15 is 0 Å². The lowest BCUT2D eigenvalue weighted by atomic mass is 10.2. The third kappa shape index (κ3) is 4.82. The van der Waals surface area contributed by atoms with Crippen molar-refractivity contribution >= 4 is 38.4 Å². The number of thiazole rings is 1. The molecule has 0 aliphatic rings. The standard InChI is InChI=1S/C15H17BrN2O2S/c1-3-20-14(19)8-13-10-21-15(17-13)18(2)9-11-5-4-6-12(16)7-11/h4-7,10H,3,8-9H2,1-2H3. The van der Waals surface area contributed by atoms with Crippen LogP contribution in [0.25, 0.3) is 0 Å². The second kappa shape index (κ2) is 7.56. The summed E-state index contributed by atoms with van der Waals surface area (Å²) in [6.07, 6.45) is 0.231. The maximum absolute atomic E-state index is 11.4. The lowest BCUT2D eigenvalue weighted by molar-refractivity contribution is -0.142. The van der Waals surface area contributed by atoms with Gasteiger partial charge < -0.3 is 9.64 Å². The average molecular weight is 369 g/mol. The van der Waals surface area contributed by atoms with Crippen LogP contribution in [0.2, 0.25) is 0 Å². The van der Waals surface area contributed by atoms with Gasteiger partial charge in [-0.25, -0.2) is 4.98 Å². The molecule has 0 N–H and O–H groups in total. The molecule has 2 rings (SSSR count). The van der Waals surface area contributed by atoms with Crippen LogP contribution in [0.15, 0.2) is 34.1 Å². The molecule has 2 aromatic rings. The minimum absolute atomic E-state index is 0.231. The van der Waals surface area contributed by atoms with Crippen molar-refractivity contribution in [2.75, 3.05) is 18.6 Å². The van der Waals surface area contributed by atoms with Crippen LogP contribution in [-0.4, -0.2) is 24.6 Å². The highest BCUT2D eigenvalue weighted by atomic mass is 79.9. The summed E-state index contributed by atoms with van der Waals surface area (Å²) in [7, 11) is 1.99. The molecule has 0 unspecified atom stereocenters. The fourth-order valence-electron chi connectivity index (χ4n) is 1.89. The maximum atomic E-state index is 11.4. The summed E-state index contributed by atoms with van der Waals surface area (Å²) < 4.78 is 6.00. The van der Waals surface area contributed by atoms with Gasteiger partial charge in [-0.1, -0.05) is 28.1 Å². The Morgan fingerprint density at radius 1 is 1.48 bits per heavy atom. The molecule has 0 saturated heterocycles. The number of carbonyl (C=O) groups excluding carboxylic acids is 1. The second-order valence-electron chi connectivity index (χ2n) is 4.59. The number of hydrogen-bond donors (Lipinski definition) is 0. The van der Waals surface area contributed by atoms with Crippen molar-refractivity contribution in [2.24, 2.45) is 0 Å². The van der Waals surface area contributed by atoms with Crippen molar-refractivity contribution in [1.82, 2.24) is 4.98 Å². The molecule has 0 aliphatic heterocycles. The Morgan fingerprint density at radius 2 is 2.29 bits per heavy atom. The molecule has 0 spiro atoms. The van der Waals surface area contributed by atoms with Gasteiger partial charge >= 0.3 is 5.97 Å². The van der Waals surface area contributed by atoms with Crippen LogP contribution in [0, 0.1) is 0 Å². The van der Waals surface area contributed by atoms with E-state index < -0.39 is 0 Å². The summed E-state index contributed by atoms with van der Waals surface area (Å²) in [6, 6.07) is 8.18. The fourth-order valence-corrected chi connectivity index (χ4v) is 3.13. The van der Waals surface area contributed by atoms with Gasteiger partial charge in [-0.2, -0.15) is 0 Å². The van der Waals surface area contributed by atoms with Gasteiger partial charge in [-0.3, -0.25) is 4.79 Å². The van der Waals surface area contributed by atoms with Gasteiger partial charge in [0.15, 0.2) is 5.13 Å². The van der Waals surface area contributed by atoms with Crippen molar-refractivity contribution in [3.8, 4) is 0 Å². The molecule has 6 heteroatoms. The van der Waals surface area contributed by atoms with E-state index in [9.17, 15) is 4.79 Å². The van der Waals surface area contributed by atoms with E-state index in [4.69, 9.17) is 4.74 Å². The second-order valence-corrected chi connectivity index (χ2v) is 6.34. The highest BCUT2D eigenvalue weighted by Gasteiger charge is 2.11. The number of aromatic nitrogens is 1. The molecular weight excluding hydrogens is 352 g/mol. The molecule has 0 saturated carbocycles. The van der Waals surface area contributed by atoms with Gasteiger partial charge in [-0.05, 0) is 24.6 Å². The number of halogens is 1. The van der Waals surface area contributed by atoms with Gasteiger partial charge in [0.25, 0.3) is 0 Å². The predicted molar refractivity (Wildman–Crippen MR) is 88.7 cm³/mol. The fraction of sp³-hybridized carbons (Fsp3) is 0.333. The van der Waals surface area contributed by atoms with Gasteiger partial charge in [-0.15, -0.1) is 11.3 Å². The van der Waals surface area contributed by atoms with E-state index in [0.717, 1.165) is 21.8 Å². The van der Waals surface area contributed by atoms with Crippen molar-refractivity contribution in [2.45, 2.75) is 19.9 Å². The van der Waals surface area contributed by atoms with E-state index in [1.54, 1.807) is 6.92 Å². The Kier molecular flexibility index (Phi) is 5.76. The van der Waals surface area contributed by atoms with E-state index in [2.05, 4.69) is 37.9 Å². The van der Waals surface area contributed by atoms with E-state index in [0.29, 0.717) is 6.61 Å². The summed E-state index contributed by atoms with van der Waals surface area (Å²) >= 11 is 5.01. The molecule has 0 atom stereocenters. The van der Waals surface area contributed by atoms with Crippen molar-refractivity contribution in [3.05, 3.63) is 45.4 Å². The highest BCUT2D eigenvalue weighted by molar-refractivity contribution is 9.10. The Hall–Kier alpha value is -1.40. The van der Waals surface area contributed by atoms with E-state index in [1.807, 2.05) is 24.6 Å². The number of esters is 1. The molecule has 21 heavy (non-hydrogen) atoms. The molecule has 4 nitrogen and oxygen atoms in total. The Balaban J connectivity index is 1.98. The molecule has 0 fully saturated rings. The van der Waals surface area contributed by atoms with Crippen LogP contribution in [0.5, 0.6) is 0 Å². The third-order valence-corrected chi connectivity index (χ3v) is 4.30. The molecule has 0 bridgehead atoms. The molecular formula is C15H17BrN2O2S. The van der Waals surface area contributed by atoms with Crippen LogP contribution in [0.3, 0.4) is 0 Å². The number of benzene rings is 1. The van der Waals surface area contributed by atoms with E-state index in [1.165, 1.54) is 16.9 Å². The van der Waals surface area contributed by atoms with Crippen LogP contribution in [0.4, 0.5) is 5.13 Å². The molecule has 0 amide bonds. The zero-order valence-electron chi connectivity index (χ0n) is 12.0. The van der Waals surface area contributed by atoms with Crippen LogP contribution in [0.1, 0.15) is 18.2 Å². The van der Waals surface area contributed by atoms with Gasteiger partial charge in [0.2, 0.25) is 0 Å². The normalized spacial score (nSPS) is 10.4. The molecule has 112 valence electrons. The summed E-state index contributed by atoms with van der Waals surface area (Å²) in [4.78, 5) is 18.0. The maximum Gasteiger partial charge on any atom is 0.311 e. The SMILES string of the molecule is CCOC(=O)Cc1csc(N(C)Cc2cccc(Br)c2)n1. The third-order valence-electron chi connectivity index (χ3n) is 2.81. The quantitative estimate of drug-likeness (QED) is 0.729. The lowest BCUT2D eigenvalue weighted by Gasteiger charge is -2.15. The largest absolute Gasteiger partial charge is 0.466 e. The molecule has 0 aliphatic carbocycles. The van der Waals surface area contributed by atoms with Crippen LogP contribution < -0.4 is 4.90 Å². The average Bonchev–Trinajstić information content (AvgIpc) is 2.87. The molecule has 1 aromatic carbocycles. The molecule has 0 radical (unpaired) electrons. The summed E-state index contributed by atoms with van der Waals surface area (Å²) in [5, 5.41) is 2.80. The van der Waals surface area contributed by atoms with Crippen LogP contribution in [-0.2, 0) is 22.5 Å². The minimum Gasteiger partial charge on any atom is -0.466 e. The Morgan fingerprint density at radius 3 is 3.00 bits per heavy atom. The smallest absolute Gasteiger partial charge is 0.311 e. The minimum atomic E-state index is -0.232. The lowest BCUT2D eigenvalue weighted by Crippen LogP contribution is -2.16. The zero-order chi connectivity index (χ0) is 15.2. The van der Waals surface area contributed by atoms with Crippen molar-refractivity contribution < 1.29 is 9.53 Å². The highest BCUT2D eigenvalue weighted by Crippen LogP contribution is 2.22. The van der Waals surface area contributed by atoms with Gasteiger partial charge in [0.05, 0.1) is 18.7 Å². The summed E-state index contributed by atoms with van der Waals surface area (Å²) in [5.41, 5.74) is 1.96. The van der Waals surface area contributed by atoms with Gasteiger partial charge in [0, 0.05) is 23.4 Å². The first-order chi connectivity index (χ1) is 10.1. The summed E-state index contributed by atoms with van der Waals surface area (Å²) in [5.74, 6) is -0.232. The predicted octanol–water partition coefficient (Wildman–Crippen LogP) is 3.65. The Labute approximate surface area is 136 Å². The van der Waals surface area contributed by atoms with Crippen LogP contribution >= 0.6 is 27.3 Å². The number of ether oxygens (including phenoxy) is 1. The number of anilines is 1. The first kappa shape index (κ1) is 16.0. The monoisotopic (exact) mass is 368 g/mol. The molecule has 1 aromatic heterocycles.